The van der Waals surface area contributed by atoms with Gasteiger partial charge in [-0.15, -0.1) is 0 Å². The maximum atomic E-state index is 11.7. The summed E-state index contributed by atoms with van der Waals surface area (Å²) < 4.78 is 1.53. The highest BCUT2D eigenvalue weighted by Crippen LogP contribution is 2.44. The van der Waals surface area contributed by atoms with Crippen LogP contribution in [0.15, 0.2) is 59.7 Å². The molecule has 0 amide bonds. The van der Waals surface area contributed by atoms with E-state index in [-0.39, 0.29) is 0 Å². The number of allylic oxidation sites excluding steroid dienone is 2. The normalized spacial score (nSPS) is 13.8. The third-order valence-corrected chi connectivity index (χ3v) is 7.60. The van der Waals surface area contributed by atoms with Crippen LogP contribution in [0, 0.1) is 0 Å². The number of rotatable bonds is 16. The highest BCUT2D eigenvalue weighted by Gasteiger charge is 2.35. The van der Waals surface area contributed by atoms with Crippen LogP contribution in [0.3, 0.4) is 0 Å². The van der Waals surface area contributed by atoms with Gasteiger partial charge in [0.25, 0.3) is 0 Å². The van der Waals surface area contributed by atoms with Gasteiger partial charge < -0.3 is 5.53 Å². The van der Waals surface area contributed by atoms with Crippen molar-refractivity contribution in [2.45, 2.75) is 118 Å². The molecule has 0 atom stereocenters. The van der Waals surface area contributed by atoms with E-state index in [1.165, 1.54) is 78.3 Å². The smallest absolute Gasteiger partial charge is 0.211 e. The van der Waals surface area contributed by atoms with Crippen LogP contribution >= 0.6 is 0 Å². The van der Waals surface area contributed by atoms with Gasteiger partial charge in [-0.1, -0.05) is 96.9 Å². The summed E-state index contributed by atoms with van der Waals surface area (Å²) in [7, 11) is 0. The second-order valence-electron chi connectivity index (χ2n) is 10.4. The first-order valence-corrected chi connectivity index (χ1v) is 14.8. The van der Waals surface area contributed by atoms with Gasteiger partial charge in [-0.05, 0) is 80.3 Å². The molecule has 2 nitrogen and oxygen atoms in total. The summed E-state index contributed by atoms with van der Waals surface area (Å²) >= 11 is 0. The van der Waals surface area contributed by atoms with Gasteiger partial charge in [0.15, 0.2) is 0 Å². The van der Waals surface area contributed by atoms with Crippen LogP contribution in [-0.4, -0.2) is 4.70 Å². The molecular formula is C34H48N2. The molecule has 0 bridgehead atoms. The second kappa shape index (κ2) is 14.9. The number of benzene rings is 2. The third-order valence-electron chi connectivity index (χ3n) is 7.60. The van der Waals surface area contributed by atoms with Crippen molar-refractivity contribution >= 4 is 11.4 Å². The fourth-order valence-electron chi connectivity index (χ4n) is 5.33. The average molecular weight is 485 g/mol. The first-order valence-electron chi connectivity index (χ1n) is 14.8. The Kier molecular flexibility index (Phi) is 11.7. The van der Waals surface area contributed by atoms with E-state index in [2.05, 4.69) is 76.2 Å². The second-order valence-corrected chi connectivity index (χ2v) is 10.4. The molecule has 0 unspecified atom stereocenters. The molecule has 0 radical (unpaired) electrons. The fraction of sp³-hybridized carbons (Fsp3) is 0.529. The molecule has 0 N–H and O–H groups in total. The van der Waals surface area contributed by atoms with E-state index < -0.39 is 0 Å². The molecule has 36 heavy (non-hydrogen) atoms. The maximum absolute atomic E-state index is 11.7. The molecule has 1 aliphatic heterocycles. The lowest BCUT2D eigenvalue weighted by molar-refractivity contribution is -0.345. The highest BCUT2D eigenvalue weighted by molar-refractivity contribution is 5.82. The summed E-state index contributed by atoms with van der Waals surface area (Å²) in [5.74, 6) is 0. The molecule has 2 heteroatoms. The minimum absolute atomic E-state index is 1.00. The Labute approximate surface area is 221 Å². The molecule has 0 saturated heterocycles. The largest absolute Gasteiger partial charge is 0.493 e. The molecular weight excluding hydrogens is 436 g/mol. The monoisotopic (exact) mass is 484 g/mol. The number of hydrogen-bond donors (Lipinski definition) is 0. The minimum atomic E-state index is 1.00. The van der Waals surface area contributed by atoms with Crippen molar-refractivity contribution < 1.29 is 4.70 Å². The topological polar surface area (TPSA) is 25.3 Å². The Bertz CT molecular complexity index is 1020. The van der Waals surface area contributed by atoms with Crippen LogP contribution in [0.25, 0.3) is 16.9 Å². The minimum Gasteiger partial charge on any atom is -0.493 e. The van der Waals surface area contributed by atoms with Gasteiger partial charge >= 0.3 is 0 Å². The first kappa shape index (κ1) is 28.1. The zero-order valence-corrected chi connectivity index (χ0v) is 23.4. The van der Waals surface area contributed by atoms with E-state index >= 15 is 0 Å². The molecule has 0 spiro atoms. The Balaban J connectivity index is 1.98. The van der Waals surface area contributed by atoms with Crippen molar-refractivity contribution in [2.24, 2.45) is 0 Å². The van der Waals surface area contributed by atoms with Crippen LogP contribution in [0.4, 0.5) is 0 Å². The lowest BCUT2D eigenvalue weighted by atomic mass is 9.91. The van der Waals surface area contributed by atoms with E-state index in [0.717, 1.165) is 61.0 Å². The summed E-state index contributed by atoms with van der Waals surface area (Å²) in [6.07, 6.45) is 16.6. The number of unbranched alkanes of at least 4 members (excludes halogenated alkanes) is 7. The van der Waals surface area contributed by atoms with E-state index in [9.17, 15) is 5.53 Å². The zero-order valence-electron chi connectivity index (χ0n) is 23.4. The van der Waals surface area contributed by atoms with Crippen LogP contribution in [0.1, 0.15) is 127 Å². The predicted molar refractivity (Wildman–Crippen MR) is 156 cm³/mol. The van der Waals surface area contributed by atoms with E-state index in [1.54, 1.807) is 0 Å². The van der Waals surface area contributed by atoms with Gasteiger partial charge in [-0.3, -0.25) is 0 Å². The standard InChI is InChI=1S/C34H48N2/c1-5-9-12-13-14-15-18-32-31(17-11-7-3)33(30-25-21-28(22-26-30)16-10-6-2)36(35)34(32)29-23-19-27(8-4)20-24-29/h19-26H,5-18H2,1-4H3. The van der Waals surface area contributed by atoms with Gasteiger partial charge in [0.05, 0.1) is 0 Å². The molecule has 1 heterocycles. The van der Waals surface area contributed by atoms with Gasteiger partial charge in [0.1, 0.15) is 0 Å². The SMILES string of the molecule is CCCCCCCCC1=C(c2ccc(CC)cc2)[N+](=[N-])C(c2ccc(CCCC)cc2)=C1CCCC. The fourth-order valence-corrected chi connectivity index (χ4v) is 5.33. The molecule has 0 aromatic heterocycles. The number of hydrogen-bond acceptors (Lipinski definition) is 0. The van der Waals surface area contributed by atoms with E-state index in [0.29, 0.717) is 0 Å². The van der Waals surface area contributed by atoms with Crippen LogP contribution in [-0.2, 0) is 12.8 Å². The molecule has 2 aromatic rings. The molecule has 2 aromatic carbocycles. The Hall–Kier alpha value is -2.48. The zero-order chi connectivity index (χ0) is 25.8. The average Bonchev–Trinajstić information content (AvgIpc) is 3.19. The van der Waals surface area contributed by atoms with Crippen molar-refractivity contribution in [3.05, 3.63) is 87.5 Å². The van der Waals surface area contributed by atoms with Gasteiger partial charge in [-0.2, -0.15) is 0 Å². The summed E-state index contributed by atoms with van der Waals surface area (Å²) in [6.45, 7) is 8.97. The highest BCUT2D eigenvalue weighted by atomic mass is 15.2. The molecule has 194 valence electrons. The van der Waals surface area contributed by atoms with E-state index in [4.69, 9.17) is 0 Å². The molecule has 0 aliphatic carbocycles. The summed E-state index contributed by atoms with van der Waals surface area (Å²) in [6, 6.07) is 17.8. The van der Waals surface area contributed by atoms with Crippen molar-refractivity contribution in [3.8, 4) is 0 Å². The van der Waals surface area contributed by atoms with Crippen LogP contribution < -0.4 is 0 Å². The Morgan fingerprint density at radius 3 is 1.47 bits per heavy atom. The molecule has 3 rings (SSSR count). The van der Waals surface area contributed by atoms with Gasteiger partial charge in [0.2, 0.25) is 11.4 Å². The van der Waals surface area contributed by atoms with Gasteiger partial charge in [-0.25, -0.2) is 4.70 Å². The summed E-state index contributed by atoms with van der Waals surface area (Å²) in [5.41, 5.74) is 21.4. The Morgan fingerprint density at radius 1 is 0.500 bits per heavy atom. The predicted octanol–water partition coefficient (Wildman–Crippen LogP) is 10.7. The van der Waals surface area contributed by atoms with Gasteiger partial charge in [0, 0.05) is 22.3 Å². The summed E-state index contributed by atoms with van der Waals surface area (Å²) in [4.78, 5) is 0. The van der Waals surface area contributed by atoms with Crippen LogP contribution in [0.2, 0.25) is 0 Å². The molecule has 0 saturated carbocycles. The quantitative estimate of drug-likeness (QED) is 0.167. The molecule has 0 fully saturated rings. The third kappa shape index (κ3) is 7.28. The lowest BCUT2D eigenvalue weighted by Crippen LogP contribution is -2.03. The van der Waals surface area contributed by atoms with Crippen molar-refractivity contribution in [1.82, 2.24) is 0 Å². The lowest BCUT2D eigenvalue weighted by Gasteiger charge is -2.10. The van der Waals surface area contributed by atoms with E-state index in [1.807, 2.05) is 0 Å². The first-order chi connectivity index (χ1) is 17.6. The van der Waals surface area contributed by atoms with Crippen LogP contribution in [0.5, 0.6) is 0 Å². The Morgan fingerprint density at radius 2 is 0.944 bits per heavy atom. The number of aryl methyl sites for hydroxylation is 2. The number of nitrogens with zero attached hydrogens (tertiary/aromatic N) is 2. The summed E-state index contributed by atoms with van der Waals surface area (Å²) in [5, 5.41) is 0. The van der Waals surface area contributed by atoms with Crippen molar-refractivity contribution in [2.75, 3.05) is 0 Å². The molecule has 1 aliphatic rings. The van der Waals surface area contributed by atoms with Crippen molar-refractivity contribution in [3.63, 3.8) is 0 Å². The van der Waals surface area contributed by atoms with Crippen molar-refractivity contribution in [1.29, 1.82) is 0 Å². The maximum Gasteiger partial charge on any atom is 0.211 e.